The van der Waals surface area contributed by atoms with E-state index in [0.717, 1.165) is 42.6 Å². The Morgan fingerprint density at radius 2 is 1.85 bits per heavy atom. The van der Waals surface area contributed by atoms with Gasteiger partial charge in [0.2, 0.25) is 0 Å². The molecule has 2 fully saturated rings. The molecule has 1 aromatic carbocycles. The number of likely N-dealkylation sites (tertiary alicyclic amines) is 1. The number of benzene rings is 1. The van der Waals surface area contributed by atoms with Gasteiger partial charge in [0.1, 0.15) is 6.33 Å². The van der Waals surface area contributed by atoms with Gasteiger partial charge in [-0.1, -0.05) is 6.07 Å². The summed E-state index contributed by atoms with van der Waals surface area (Å²) in [4.78, 5) is 15.8. The normalized spacial score (nSPS) is 24.2. The molecule has 0 unspecified atom stereocenters. The van der Waals surface area contributed by atoms with Crippen molar-refractivity contribution < 1.29 is 5.11 Å². The topological polar surface area (TPSA) is 62.1 Å². The highest BCUT2D eigenvalue weighted by Gasteiger charge is 2.37. The van der Waals surface area contributed by atoms with Crippen LogP contribution in [0.1, 0.15) is 36.6 Å². The molecule has 5 nitrogen and oxygen atoms in total. The van der Waals surface area contributed by atoms with Crippen molar-refractivity contribution in [3.8, 4) is 11.1 Å². The first-order valence-electron chi connectivity index (χ1n) is 9.81. The smallest absolute Gasteiger partial charge is 0.115 e. The monoisotopic (exact) mass is 380 g/mol. The number of hydrogen-bond donors (Lipinski definition) is 1. The highest BCUT2D eigenvalue weighted by Crippen LogP contribution is 2.43. The molecule has 2 aromatic heterocycles. The fourth-order valence-corrected chi connectivity index (χ4v) is 5.47. The predicted molar refractivity (Wildman–Crippen MR) is 108 cm³/mol. The Balaban J connectivity index is 1.27. The lowest BCUT2D eigenvalue weighted by atomic mass is 9.78. The zero-order chi connectivity index (χ0) is 18.2. The minimum atomic E-state index is 0.351. The van der Waals surface area contributed by atoms with Crippen molar-refractivity contribution in [2.45, 2.75) is 37.6 Å². The minimum Gasteiger partial charge on any atom is -0.396 e. The highest BCUT2D eigenvalue weighted by atomic mass is 32.1. The van der Waals surface area contributed by atoms with E-state index in [9.17, 15) is 5.11 Å². The summed E-state index contributed by atoms with van der Waals surface area (Å²) in [5, 5.41) is 10.6. The molecule has 1 aliphatic heterocycles. The Labute approximate surface area is 163 Å². The average molecular weight is 381 g/mol. The number of rotatable bonds is 4. The third kappa shape index (κ3) is 3.37. The fourth-order valence-electron chi connectivity index (χ4n) is 4.33. The maximum Gasteiger partial charge on any atom is 0.115 e. The molecule has 27 heavy (non-hydrogen) atoms. The van der Waals surface area contributed by atoms with E-state index in [4.69, 9.17) is 4.98 Å². The second-order valence-electron chi connectivity index (χ2n) is 7.85. The lowest BCUT2D eigenvalue weighted by Gasteiger charge is -2.45. The summed E-state index contributed by atoms with van der Waals surface area (Å²) >= 11 is 1.84. The number of aromatic nitrogens is 3. The largest absolute Gasteiger partial charge is 0.396 e. The summed E-state index contributed by atoms with van der Waals surface area (Å²) in [5.41, 5.74) is 3.30. The van der Waals surface area contributed by atoms with Crippen LogP contribution in [0.25, 0.3) is 21.3 Å². The molecular formula is C21H24N4OS. The van der Waals surface area contributed by atoms with Crippen molar-refractivity contribution in [2.24, 2.45) is 5.92 Å². The van der Waals surface area contributed by atoms with Crippen LogP contribution in [0.2, 0.25) is 0 Å². The summed E-state index contributed by atoms with van der Waals surface area (Å²) < 4.78 is 1.25. The fraction of sp³-hybridized carbons (Fsp3) is 0.476. The molecule has 1 saturated carbocycles. The summed E-state index contributed by atoms with van der Waals surface area (Å²) in [5.74, 6) is 1.12. The summed E-state index contributed by atoms with van der Waals surface area (Å²) in [7, 11) is 0. The minimum absolute atomic E-state index is 0.351. The van der Waals surface area contributed by atoms with Crippen molar-refractivity contribution in [1.82, 2.24) is 19.9 Å². The lowest BCUT2D eigenvalue weighted by Crippen LogP contribution is -2.47. The van der Waals surface area contributed by atoms with Crippen LogP contribution in [0.5, 0.6) is 0 Å². The number of hydrogen-bond acceptors (Lipinski definition) is 6. The Kier molecular flexibility index (Phi) is 4.63. The van der Waals surface area contributed by atoms with Gasteiger partial charge in [0.05, 0.1) is 15.2 Å². The van der Waals surface area contributed by atoms with E-state index in [1.165, 1.54) is 22.5 Å². The molecule has 140 valence electrons. The van der Waals surface area contributed by atoms with Gasteiger partial charge in [-0.05, 0) is 62.4 Å². The van der Waals surface area contributed by atoms with Gasteiger partial charge >= 0.3 is 0 Å². The number of fused-ring (bicyclic) bond motifs is 1. The Morgan fingerprint density at radius 1 is 1.07 bits per heavy atom. The van der Waals surface area contributed by atoms with Crippen molar-refractivity contribution >= 4 is 21.6 Å². The Bertz CT molecular complexity index is 914. The molecule has 0 spiro atoms. The van der Waals surface area contributed by atoms with E-state index in [1.807, 2.05) is 23.7 Å². The van der Waals surface area contributed by atoms with Crippen LogP contribution < -0.4 is 0 Å². The summed E-state index contributed by atoms with van der Waals surface area (Å²) in [6.45, 7) is 2.64. The van der Waals surface area contributed by atoms with Gasteiger partial charge in [-0.15, -0.1) is 11.3 Å². The zero-order valence-corrected chi connectivity index (χ0v) is 16.1. The predicted octanol–water partition coefficient (Wildman–Crippen LogP) is 3.70. The molecule has 3 aromatic rings. The van der Waals surface area contributed by atoms with Crippen LogP contribution in [0.4, 0.5) is 0 Å². The third-order valence-electron chi connectivity index (χ3n) is 6.19. The molecular weight excluding hydrogens is 356 g/mol. The average Bonchev–Trinajstić information content (AvgIpc) is 3.10. The molecule has 3 heterocycles. The third-order valence-corrected chi connectivity index (χ3v) is 7.37. The lowest BCUT2D eigenvalue weighted by molar-refractivity contribution is 0.0565. The van der Waals surface area contributed by atoms with Crippen molar-refractivity contribution in [3.05, 3.63) is 41.9 Å². The second kappa shape index (κ2) is 7.26. The van der Waals surface area contributed by atoms with Crippen molar-refractivity contribution in [1.29, 1.82) is 0 Å². The van der Waals surface area contributed by atoms with Crippen LogP contribution in [0.15, 0.2) is 36.9 Å². The zero-order valence-electron chi connectivity index (χ0n) is 15.3. The van der Waals surface area contributed by atoms with Crippen molar-refractivity contribution in [3.63, 3.8) is 0 Å². The SMILES string of the molecule is OCC1CCN([C@H]2C[C@@H](c3nc4ccc(-c5cncnc5)cc4s3)C2)CC1. The summed E-state index contributed by atoms with van der Waals surface area (Å²) in [6.07, 6.45) is 10.0. The van der Waals surface area contributed by atoms with E-state index >= 15 is 0 Å². The first-order chi connectivity index (χ1) is 13.3. The number of aliphatic hydroxyl groups is 1. The maximum absolute atomic E-state index is 9.31. The van der Waals surface area contributed by atoms with E-state index in [1.54, 1.807) is 6.33 Å². The van der Waals surface area contributed by atoms with Gasteiger partial charge in [-0.3, -0.25) is 0 Å². The Hall–Kier alpha value is -1.89. The first kappa shape index (κ1) is 17.2. The number of nitrogens with zero attached hydrogens (tertiary/aromatic N) is 4. The van der Waals surface area contributed by atoms with Crippen LogP contribution >= 0.6 is 11.3 Å². The van der Waals surface area contributed by atoms with E-state index in [-0.39, 0.29) is 0 Å². The van der Waals surface area contributed by atoms with E-state index < -0.39 is 0 Å². The molecule has 0 radical (unpaired) electrons. The molecule has 1 saturated heterocycles. The Morgan fingerprint density at radius 3 is 2.59 bits per heavy atom. The molecule has 1 N–H and O–H groups in total. The standard InChI is InChI=1S/C21H24N4OS/c26-12-14-3-5-25(6-4-14)18-7-16(8-18)21-24-19-2-1-15(9-20(19)27-21)17-10-22-13-23-11-17/h1-2,9-11,13-14,16,18,26H,3-8,12H2/t16-,18+. The van der Waals surface area contributed by atoms with Crippen LogP contribution in [-0.2, 0) is 0 Å². The molecule has 1 aliphatic carbocycles. The van der Waals surface area contributed by atoms with Gasteiger partial charge < -0.3 is 10.0 Å². The highest BCUT2D eigenvalue weighted by molar-refractivity contribution is 7.18. The summed E-state index contributed by atoms with van der Waals surface area (Å²) in [6, 6.07) is 7.15. The maximum atomic E-state index is 9.31. The van der Waals surface area contributed by atoms with Crippen LogP contribution in [0, 0.1) is 5.92 Å². The molecule has 6 heteroatoms. The van der Waals surface area contributed by atoms with Crippen molar-refractivity contribution in [2.75, 3.05) is 19.7 Å². The molecule has 0 atom stereocenters. The van der Waals surface area contributed by atoms with E-state index in [0.29, 0.717) is 24.5 Å². The van der Waals surface area contributed by atoms with Gasteiger partial charge in [0, 0.05) is 36.5 Å². The van der Waals surface area contributed by atoms with Gasteiger partial charge in [0.25, 0.3) is 0 Å². The number of aliphatic hydroxyl groups excluding tert-OH is 1. The van der Waals surface area contributed by atoms with Gasteiger partial charge in [-0.2, -0.15) is 0 Å². The molecule has 0 amide bonds. The molecule has 0 bridgehead atoms. The molecule has 5 rings (SSSR count). The van der Waals surface area contributed by atoms with Crippen LogP contribution in [-0.4, -0.2) is 50.7 Å². The van der Waals surface area contributed by atoms with Crippen LogP contribution in [0.3, 0.4) is 0 Å². The quantitative estimate of drug-likeness (QED) is 0.748. The number of piperidine rings is 1. The second-order valence-corrected chi connectivity index (χ2v) is 8.91. The first-order valence-corrected chi connectivity index (χ1v) is 10.6. The number of thiazole rings is 1. The molecule has 2 aliphatic rings. The van der Waals surface area contributed by atoms with Gasteiger partial charge in [-0.25, -0.2) is 15.0 Å². The van der Waals surface area contributed by atoms with E-state index in [2.05, 4.69) is 33.1 Å². The van der Waals surface area contributed by atoms with Gasteiger partial charge in [0.15, 0.2) is 0 Å².